The van der Waals surface area contributed by atoms with E-state index in [4.69, 9.17) is 0 Å². The fourth-order valence-electron chi connectivity index (χ4n) is 2.66. The lowest BCUT2D eigenvalue weighted by atomic mass is 10.1. The highest BCUT2D eigenvalue weighted by Gasteiger charge is 2.12. The maximum absolute atomic E-state index is 12.0. The zero-order chi connectivity index (χ0) is 18.2. The Bertz CT molecular complexity index is 726. The molecule has 2 amide bonds. The van der Waals surface area contributed by atoms with E-state index in [1.54, 1.807) is 11.8 Å². The Morgan fingerprint density at radius 1 is 1.00 bits per heavy atom. The summed E-state index contributed by atoms with van der Waals surface area (Å²) in [5.74, 6) is -0.0192. The first-order valence-electron chi connectivity index (χ1n) is 8.63. The SMILES string of the molecule is CC(=O)N(CCNC(=O)CCc1ccccc1)c1ccc(C)c(C)c1. The van der Waals surface area contributed by atoms with E-state index in [0.717, 1.165) is 23.2 Å². The van der Waals surface area contributed by atoms with E-state index in [1.165, 1.54) is 5.56 Å². The lowest BCUT2D eigenvalue weighted by Crippen LogP contribution is -2.37. The summed E-state index contributed by atoms with van der Waals surface area (Å²) in [5.41, 5.74) is 4.37. The van der Waals surface area contributed by atoms with Gasteiger partial charge in [0.25, 0.3) is 0 Å². The highest BCUT2D eigenvalue weighted by atomic mass is 16.2. The van der Waals surface area contributed by atoms with Crippen molar-refractivity contribution >= 4 is 17.5 Å². The Morgan fingerprint density at radius 3 is 2.36 bits per heavy atom. The summed E-state index contributed by atoms with van der Waals surface area (Å²) >= 11 is 0. The molecule has 2 rings (SSSR count). The van der Waals surface area contributed by atoms with E-state index in [-0.39, 0.29) is 11.8 Å². The van der Waals surface area contributed by atoms with Crippen LogP contribution in [0.5, 0.6) is 0 Å². The van der Waals surface area contributed by atoms with Gasteiger partial charge in [0.1, 0.15) is 0 Å². The van der Waals surface area contributed by atoms with Crippen LogP contribution in [0.4, 0.5) is 5.69 Å². The molecular weight excluding hydrogens is 312 g/mol. The molecule has 2 aromatic carbocycles. The van der Waals surface area contributed by atoms with Gasteiger partial charge >= 0.3 is 0 Å². The van der Waals surface area contributed by atoms with Gasteiger partial charge in [-0.25, -0.2) is 0 Å². The van der Waals surface area contributed by atoms with Gasteiger partial charge in [0.05, 0.1) is 0 Å². The molecule has 0 unspecified atom stereocenters. The highest BCUT2D eigenvalue weighted by Crippen LogP contribution is 2.18. The zero-order valence-electron chi connectivity index (χ0n) is 15.2. The van der Waals surface area contributed by atoms with E-state index in [2.05, 4.69) is 5.32 Å². The average molecular weight is 338 g/mol. The first-order valence-corrected chi connectivity index (χ1v) is 8.63. The van der Waals surface area contributed by atoms with Crippen molar-refractivity contribution in [1.29, 1.82) is 0 Å². The van der Waals surface area contributed by atoms with Crippen molar-refractivity contribution in [3.63, 3.8) is 0 Å². The molecule has 0 fully saturated rings. The van der Waals surface area contributed by atoms with E-state index in [1.807, 2.05) is 62.4 Å². The quantitative estimate of drug-likeness (QED) is 0.841. The van der Waals surface area contributed by atoms with Crippen LogP contribution in [0.2, 0.25) is 0 Å². The molecule has 0 atom stereocenters. The fraction of sp³-hybridized carbons (Fsp3) is 0.333. The number of nitrogens with zero attached hydrogens (tertiary/aromatic N) is 1. The molecule has 0 saturated carbocycles. The van der Waals surface area contributed by atoms with Gasteiger partial charge in [0.15, 0.2) is 0 Å². The smallest absolute Gasteiger partial charge is 0.223 e. The van der Waals surface area contributed by atoms with Gasteiger partial charge in [-0.1, -0.05) is 36.4 Å². The molecule has 0 radical (unpaired) electrons. The minimum Gasteiger partial charge on any atom is -0.354 e. The topological polar surface area (TPSA) is 49.4 Å². The molecule has 0 aliphatic carbocycles. The van der Waals surface area contributed by atoms with E-state index < -0.39 is 0 Å². The Labute approximate surface area is 149 Å². The summed E-state index contributed by atoms with van der Waals surface area (Å²) in [4.78, 5) is 25.6. The molecule has 0 aliphatic rings. The molecule has 1 N–H and O–H groups in total. The normalized spacial score (nSPS) is 10.4. The third-order valence-electron chi connectivity index (χ3n) is 4.32. The second-order valence-corrected chi connectivity index (χ2v) is 6.27. The molecule has 132 valence electrons. The first kappa shape index (κ1) is 18.7. The zero-order valence-corrected chi connectivity index (χ0v) is 15.2. The lowest BCUT2D eigenvalue weighted by molar-refractivity contribution is -0.121. The summed E-state index contributed by atoms with van der Waals surface area (Å²) in [6, 6.07) is 15.9. The van der Waals surface area contributed by atoms with Crippen LogP contribution in [0.3, 0.4) is 0 Å². The molecule has 0 bridgehead atoms. The summed E-state index contributed by atoms with van der Waals surface area (Å²) in [6.45, 7) is 6.54. The first-order chi connectivity index (χ1) is 12.0. The maximum atomic E-state index is 12.0. The van der Waals surface area contributed by atoms with Gasteiger partial charge in [-0.3, -0.25) is 9.59 Å². The lowest BCUT2D eigenvalue weighted by Gasteiger charge is -2.22. The predicted octanol–water partition coefficient (Wildman–Crippen LogP) is 3.41. The maximum Gasteiger partial charge on any atom is 0.223 e. The number of rotatable bonds is 7. The number of hydrogen-bond donors (Lipinski definition) is 1. The van der Waals surface area contributed by atoms with Gasteiger partial charge in [-0.05, 0) is 49.1 Å². The van der Waals surface area contributed by atoms with Gasteiger partial charge in [-0.15, -0.1) is 0 Å². The summed E-state index contributed by atoms with van der Waals surface area (Å²) in [6.07, 6.45) is 1.17. The standard InChI is InChI=1S/C21H26N2O2/c1-16-9-11-20(15-17(16)2)23(18(3)24)14-13-22-21(25)12-10-19-7-5-4-6-8-19/h4-9,11,15H,10,12-14H2,1-3H3,(H,22,25). The third kappa shape index (κ3) is 5.75. The Hall–Kier alpha value is -2.62. The van der Waals surface area contributed by atoms with E-state index >= 15 is 0 Å². The van der Waals surface area contributed by atoms with Crippen molar-refractivity contribution in [2.75, 3.05) is 18.0 Å². The number of carbonyl (C=O) groups is 2. The number of nitrogens with one attached hydrogen (secondary N) is 1. The number of aryl methyl sites for hydroxylation is 3. The van der Waals surface area contributed by atoms with Crippen LogP contribution in [-0.4, -0.2) is 24.9 Å². The molecule has 0 saturated heterocycles. The molecule has 25 heavy (non-hydrogen) atoms. The average Bonchev–Trinajstić information content (AvgIpc) is 2.60. The minimum absolute atomic E-state index is 0.00689. The second-order valence-electron chi connectivity index (χ2n) is 6.27. The molecule has 4 nitrogen and oxygen atoms in total. The summed E-state index contributed by atoms with van der Waals surface area (Å²) < 4.78 is 0. The van der Waals surface area contributed by atoms with Crippen LogP contribution in [0.25, 0.3) is 0 Å². The van der Waals surface area contributed by atoms with Crippen LogP contribution in [0.15, 0.2) is 48.5 Å². The minimum atomic E-state index is -0.0261. The Kier molecular flexibility index (Phi) is 6.75. The van der Waals surface area contributed by atoms with Crippen LogP contribution in [0, 0.1) is 13.8 Å². The van der Waals surface area contributed by atoms with Crippen molar-refractivity contribution in [3.8, 4) is 0 Å². The van der Waals surface area contributed by atoms with Gasteiger partial charge in [-0.2, -0.15) is 0 Å². The third-order valence-corrected chi connectivity index (χ3v) is 4.32. The van der Waals surface area contributed by atoms with Crippen LogP contribution in [-0.2, 0) is 16.0 Å². The number of hydrogen-bond acceptors (Lipinski definition) is 2. The van der Waals surface area contributed by atoms with Crippen molar-refractivity contribution in [2.24, 2.45) is 0 Å². The predicted molar refractivity (Wildman–Crippen MR) is 102 cm³/mol. The molecule has 4 heteroatoms. The Balaban J connectivity index is 1.83. The van der Waals surface area contributed by atoms with Gasteiger partial charge in [0, 0.05) is 32.1 Å². The Morgan fingerprint density at radius 2 is 1.72 bits per heavy atom. The van der Waals surface area contributed by atoms with E-state index in [0.29, 0.717) is 19.5 Å². The van der Waals surface area contributed by atoms with Gasteiger partial charge < -0.3 is 10.2 Å². The highest BCUT2D eigenvalue weighted by molar-refractivity contribution is 5.91. The van der Waals surface area contributed by atoms with Crippen LogP contribution < -0.4 is 10.2 Å². The van der Waals surface area contributed by atoms with Crippen molar-refractivity contribution < 1.29 is 9.59 Å². The number of benzene rings is 2. The van der Waals surface area contributed by atoms with Gasteiger partial charge in [0.2, 0.25) is 11.8 Å². The molecule has 0 aromatic heterocycles. The monoisotopic (exact) mass is 338 g/mol. The van der Waals surface area contributed by atoms with Crippen molar-refractivity contribution in [3.05, 3.63) is 65.2 Å². The van der Waals surface area contributed by atoms with E-state index in [9.17, 15) is 9.59 Å². The fourth-order valence-corrected chi connectivity index (χ4v) is 2.66. The molecular formula is C21H26N2O2. The van der Waals surface area contributed by atoms with Crippen LogP contribution >= 0.6 is 0 Å². The summed E-state index contributed by atoms with van der Waals surface area (Å²) in [7, 11) is 0. The van der Waals surface area contributed by atoms with Crippen LogP contribution in [0.1, 0.15) is 30.0 Å². The molecule has 0 heterocycles. The summed E-state index contributed by atoms with van der Waals surface area (Å²) in [5, 5.41) is 2.90. The number of carbonyl (C=O) groups excluding carboxylic acids is 2. The van der Waals surface area contributed by atoms with Crippen molar-refractivity contribution in [1.82, 2.24) is 5.32 Å². The second kappa shape index (κ2) is 9.02. The molecule has 0 spiro atoms. The number of amides is 2. The molecule has 0 aliphatic heterocycles. The van der Waals surface area contributed by atoms with Crippen molar-refractivity contribution in [2.45, 2.75) is 33.6 Å². The molecule has 2 aromatic rings. The largest absolute Gasteiger partial charge is 0.354 e. The number of anilines is 1.